The van der Waals surface area contributed by atoms with Crippen LogP contribution in [0.25, 0.3) is 0 Å². The highest BCUT2D eigenvalue weighted by Crippen LogP contribution is 2.34. The first kappa shape index (κ1) is 22.3. The van der Waals surface area contributed by atoms with Gasteiger partial charge in [0.15, 0.2) is 0 Å². The predicted octanol–water partition coefficient (Wildman–Crippen LogP) is 0.916. The summed E-state index contributed by atoms with van der Waals surface area (Å²) in [5.74, 6) is -0.553. The number of ether oxygens (including phenoxy) is 1. The van der Waals surface area contributed by atoms with Gasteiger partial charge in [0.25, 0.3) is 0 Å². The topological polar surface area (TPSA) is 94.2 Å². The third-order valence-corrected chi connectivity index (χ3v) is 7.33. The van der Waals surface area contributed by atoms with Crippen LogP contribution in [0.3, 0.4) is 0 Å². The van der Waals surface area contributed by atoms with Crippen molar-refractivity contribution < 1.29 is 19.1 Å². The number of thioether (sulfide) groups is 1. The van der Waals surface area contributed by atoms with Crippen molar-refractivity contribution in [2.75, 3.05) is 46.2 Å². The van der Waals surface area contributed by atoms with Gasteiger partial charge in [-0.15, -0.1) is 11.8 Å². The quantitative estimate of drug-likeness (QED) is 0.679. The van der Waals surface area contributed by atoms with Crippen LogP contribution < -0.4 is 10.6 Å². The molecule has 4 rings (SSSR count). The standard InChI is InChI=1S/C20H26ClN5O4S/c1-24-17-15(19(28)25(2)20(24)29)18(31-11-14(27)26-6-8-30-9-7-26)23-16(22-17)12-4-3-5-13(21)10-12/h3-5,10,15-18,22-23H,6-9,11H2,1-2H3. The van der Waals surface area contributed by atoms with Gasteiger partial charge in [0, 0.05) is 32.2 Å². The zero-order chi connectivity index (χ0) is 22.1. The maximum absolute atomic E-state index is 13.0. The first-order valence-electron chi connectivity index (χ1n) is 10.2. The van der Waals surface area contributed by atoms with E-state index in [4.69, 9.17) is 16.3 Å². The summed E-state index contributed by atoms with van der Waals surface area (Å²) in [6.07, 6.45) is -0.834. The lowest BCUT2D eigenvalue weighted by atomic mass is 9.96. The molecule has 3 aliphatic heterocycles. The maximum Gasteiger partial charge on any atom is 0.327 e. The summed E-state index contributed by atoms with van der Waals surface area (Å²) in [5.41, 5.74) is 0.892. The average Bonchev–Trinajstić information content (AvgIpc) is 2.79. The number of urea groups is 1. The number of carbonyl (C=O) groups excluding carboxylic acids is 3. The molecule has 168 valence electrons. The number of halogens is 1. The Balaban J connectivity index is 1.56. The van der Waals surface area contributed by atoms with E-state index in [9.17, 15) is 14.4 Å². The number of imide groups is 1. The smallest absolute Gasteiger partial charge is 0.327 e. The van der Waals surface area contributed by atoms with Gasteiger partial charge in [0.05, 0.1) is 42.6 Å². The maximum atomic E-state index is 13.0. The van der Waals surface area contributed by atoms with E-state index in [1.807, 2.05) is 18.2 Å². The number of amides is 4. The fourth-order valence-corrected chi connectivity index (χ4v) is 5.55. The summed E-state index contributed by atoms with van der Waals surface area (Å²) in [6, 6.07) is 7.05. The summed E-state index contributed by atoms with van der Waals surface area (Å²) in [4.78, 5) is 42.7. The van der Waals surface area contributed by atoms with Crippen LogP contribution >= 0.6 is 23.4 Å². The Kier molecular flexibility index (Phi) is 6.73. The van der Waals surface area contributed by atoms with Gasteiger partial charge in [-0.1, -0.05) is 23.7 Å². The minimum Gasteiger partial charge on any atom is -0.378 e. The zero-order valence-electron chi connectivity index (χ0n) is 17.4. The van der Waals surface area contributed by atoms with Crippen molar-refractivity contribution in [2.24, 2.45) is 5.92 Å². The lowest BCUT2D eigenvalue weighted by molar-refractivity contribution is -0.140. The second kappa shape index (κ2) is 9.33. The molecule has 0 saturated carbocycles. The fraction of sp³-hybridized carbons (Fsp3) is 0.550. The van der Waals surface area contributed by atoms with E-state index >= 15 is 0 Å². The average molecular weight is 468 g/mol. The summed E-state index contributed by atoms with van der Waals surface area (Å²) in [5, 5.41) is 7.05. The zero-order valence-corrected chi connectivity index (χ0v) is 19.0. The third kappa shape index (κ3) is 4.54. The predicted molar refractivity (Wildman–Crippen MR) is 117 cm³/mol. The molecule has 3 fully saturated rings. The number of benzene rings is 1. The van der Waals surface area contributed by atoms with Crippen LogP contribution in [0.1, 0.15) is 11.7 Å². The van der Waals surface area contributed by atoms with E-state index in [-0.39, 0.29) is 35.1 Å². The highest BCUT2D eigenvalue weighted by atomic mass is 35.5. The minimum atomic E-state index is -0.536. The summed E-state index contributed by atoms with van der Waals surface area (Å²) < 4.78 is 5.32. The van der Waals surface area contributed by atoms with E-state index in [0.29, 0.717) is 31.3 Å². The molecule has 3 saturated heterocycles. The molecule has 0 aromatic heterocycles. The molecule has 11 heteroatoms. The Morgan fingerprint density at radius 1 is 1.23 bits per heavy atom. The molecule has 1 aromatic rings. The Bertz CT molecular complexity index is 868. The van der Waals surface area contributed by atoms with Crippen molar-refractivity contribution in [3.63, 3.8) is 0 Å². The van der Waals surface area contributed by atoms with Gasteiger partial charge >= 0.3 is 6.03 Å². The normalized spacial score (nSPS) is 29.2. The van der Waals surface area contributed by atoms with Crippen LogP contribution in [-0.2, 0) is 14.3 Å². The van der Waals surface area contributed by atoms with E-state index in [2.05, 4.69) is 10.6 Å². The van der Waals surface area contributed by atoms with Crippen molar-refractivity contribution in [3.05, 3.63) is 34.9 Å². The van der Waals surface area contributed by atoms with Gasteiger partial charge in [-0.2, -0.15) is 0 Å². The van der Waals surface area contributed by atoms with E-state index in [1.54, 1.807) is 22.9 Å². The monoisotopic (exact) mass is 467 g/mol. The van der Waals surface area contributed by atoms with Crippen LogP contribution in [0.15, 0.2) is 24.3 Å². The molecule has 4 atom stereocenters. The molecule has 9 nitrogen and oxygen atoms in total. The molecule has 0 radical (unpaired) electrons. The number of carbonyl (C=O) groups is 3. The van der Waals surface area contributed by atoms with E-state index in [0.717, 1.165) is 10.5 Å². The second-order valence-corrected chi connectivity index (χ2v) is 9.37. The van der Waals surface area contributed by atoms with Crippen LogP contribution in [-0.4, -0.2) is 90.2 Å². The lowest BCUT2D eigenvalue weighted by Crippen LogP contribution is -2.72. The first-order valence-corrected chi connectivity index (χ1v) is 11.6. The van der Waals surface area contributed by atoms with Gasteiger partial charge in [0.2, 0.25) is 11.8 Å². The largest absolute Gasteiger partial charge is 0.378 e. The van der Waals surface area contributed by atoms with Crippen LogP contribution in [0.5, 0.6) is 0 Å². The molecule has 1 aromatic carbocycles. The molecule has 0 bridgehead atoms. The Hall–Kier alpha value is -1.85. The number of rotatable bonds is 4. The molecule has 4 amide bonds. The summed E-state index contributed by atoms with van der Waals surface area (Å²) in [6.45, 7) is 2.24. The molecule has 0 spiro atoms. The molecule has 4 unspecified atom stereocenters. The molecule has 2 N–H and O–H groups in total. The van der Waals surface area contributed by atoms with Gasteiger partial charge in [-0.05, 0) is 17.7 Å². The van der Waals surface area contributed by atoms with Crippen molar-refractivity contribution in [1.82, 2.24) is 25.3 Å². The van der Waals surface area contributed by atoms with Crippen LogP contribution in [0.4, 0.5) is 4.79 Å². The van der Waals surface area contributed by atoms with Gasteiger partial charge < -0.3 is 14.5 Å². The molecular weight excluding hydrogens is 442 g/mol. The number of nitrogens with one attached hydrogen (secondary N) is 2. The lowest BCUT2D eigenvalue weighted by Gasteiger charge is -2.50. The van der Waals surface area contributed by atoms with Crippen molar-refractivity contribution in [2.45, 2.75) is 17.7 Å². The Morgan fingerprint density at radius 3 is 2.68 bits per heavy atom. The number of fused-ring (bicyclic) bond motifs is 1. The highest BCUT2D eigenvalue weighted by Gasteiger charge is 2.51. The summed E-state index contributed by atoms with van der Waals surface area (Å²) >= 11 is 7.57. The van der Waals surface area contributed by atoms with E-state index in [1.165, 1.54) is 18.8 Å². The first-order chi connectivity index (χ1) is 14.9. The molecular formula is C20H26ClN5O4S. The van der Waals surface area contributed by atoms with Crippen molar-refractivity contribution in [1.29, 1.82) is 0 Å². The van der Waals surface area contributed by atoms with Crippen LogP contribution in [0, 0.1) is 5.92 Å². The molecule has 0 aliphatic carbocycles. The van der Waals surface area contributed by atoms with Crippen LogP contribution in [0.2, 0.25) is 5.02 Å². The second-order valence-electron chi connectivity index (χ2n) is 7.81. The number of nitrogens with zero attached hydrogens (tertiary/aromatic N) is 3. The molecule has 31 heavy (non-hydrogen) atoms. The van der Waals surface area contributed by atoms with Crippen molar-refractivity contribution in [3.8, 4) is 0 Å². The highest BCUT2D eigenvalue weighted by molar-refractivity contribution is 8.00. The minimum absolute atomic E-state index is 0.0190. The third-order valence-electron chi connectivity index (χ3n) is 5.89. The Labute approximate surface area is 190 Å². The van der Waals surface area contributed by atoms with Crippen molar-refractivity contribution >= 4 is 41.2 Å². The van der Waals surface area contributed by atoms with E-state index < -0.39 is 12.1 Å². The number of hydrogen-bond acceptors (Lipinski definition) is 7. The van der Waals surface area contributed by atoms with Gasteiger partial charge in [-0.25, -0.2) is 4.79 Å². The Morgan fingerprint density at radius 2 is 1.97 bits per heavy atom. The summed E-state index contributed by atoms with van der Waals surface area (Å²) in [7, 11) is 3.16. The van der Waals surface area contributed by atoms with Gasteiger partial charge in [0.1, 0.15) is 0 Å². The molecule has 3 aliphatic rings. The number of morpholine rings is 1. The SMILES string of the molecule is CN1C(=O)C2C(SCC(=O)N3CCOCC3)NC(c3cccc(Cl)c3)NC2N(C)C1=O. The van der Waals surface area contributed by atoms with Gasteiger partial charge in [-0.3, -0.25) is 25.1 Å². The fourth-order valence-electron chi connectivity index (χ4n) is 4.14. The number of hydrogen-bond donors (Lipinski definition) is 2. The molecule has 3 heterocycles.